The Kier molecular flexibility index (Phi) is 4.38. The summed E-state index contributed by atoms with van der Waals surface area (Å²) in [6.45, 7) is 2.22. The highest BCUT2D eigenvalue weighted by Gasteiger charge is 2.24. The molecule has 0 aliphatic heterocycles. The second-order valence-corrected chi connectivity index (χ2v) is 8.02. The molecule has 1 aliphatic carbocycles. The van der Waals surface area contributed by atoms with Gasteiger partial charge in [0.1, 0.15) is 5.82 Å². The van der Waals surface area contributed by atoms with Crippen LogP contribution in [0.3, 0.4) is 0 Å². The minimum absolute atomic E-state index is 0.0944. The molecule has 1 atom stereocenters. The van der Waals surface area contributed by atoms with E-state index in [9.17, 15) is 0 Å². The van der Waals surface area contributed by atoms with Gasteiger partial charge in [0.25, 0.3) is 0 Å². The molecule has 0 saturated carbocycles. The van der Waals surface area contributed by atoms with Gasteiger partial charge in [-0.2, -0.15) is 15.0 Å². The van der Waals surface area contributed by atoms with E-state index in [2.05, 4.69) is 62.1 Å². The highest BCUT2D eigenvalue weighted by Crippen LogP contribution is 2.37. The van der Waals surface area contributed by atoms with Crippen LogP contribution in [0, 0.1) is 0 Å². The number of hydrogen-bond donors (Lipinski definition) is 2. The van der Waals surface area contributed by atoms with Gasteiger partial charge >= 0.3 is 0 Å². The van der Waals surface area contributed by atoms with Crippen LogP contribution in [0.4, 0.5) is 17.7 Å². The number of anilines is 3. The molecule has 30 heavy (non-hydrogen) atoms. The SMILES string of the molecule is CC(c1c2c(cc3ccccc13)CCCC2)N(C)c1ncc2c(N)nc(N)nc2n1. The fourth-order valence-corrected chi connectivity index (χ4v) is 4.57. The second kappa shape index (κ2) is 7.09. The maximum Gasteiger partial charge on any atom is 0.227 e. The molecule has 152 valence electrons. The summed E-state index contributed by atoms with van der Waals surface area (Å²) in [6.07, 6.45) is 6.42. The van der Waals surface area contributed by atoms with Crippen molar-refractivity contribution in [3.63, 3.8) is 0 Å². The van der Waals surface area contributed by atoms with Crippen molar-refractivity contribution in [3.05, 3.63) is 53.2 Å². The standard InChI is InChI=1S/C23H25N7/c1-13(30(2)23-26-12-18-20(24)27-22(25)28-21(18)29-23)19-16-9-5-3-7-14(16)11-15-8-4-6-10-17(15)19/h3,5,7,9,11-13H,4,6,8,10H2,1-2H3,(H4,24,25,26,27,28,29). The molecule has 1 aliphatic rings. The summed E-state index contributed by atoms with van der Waals surface area (Å²) in [4.78, 5) is 19.5. The number of nitrogens with zero attached hydrogens (tertiary/aromatic N) is 5. The number of hydrogen-bond acceptors (Lipinski definition) is 7. The first-order chi connectivity index (χ1) is 14.5. The molecule has 0 fully saturated rings. The lowest BCUT2D eigenvalue weighted by Gasteiger charge is -2.31. The highest BCUT2D eigenvalue weighted by molar-refractivity contribution is 5.89. The predicted molar refractivity (Wildman–Crippen MR) is 121 cm³/mol. The van der Waals surface area contributed by atoms with Crippen LogP contribution in [0.5, 0.6) is 0 Å². The summed E-state index contributed by atoms with van der Waals surface area (Å²) in [7, 11) is 2.02. The number of fused-ring (bicyclic) bond motifs is 3. The average Bonchev–Trinajstić information content (AvgIpc) is 2.76. The summed E-state index contributed by atoms with van der Waals surface area (Å²) in [5.41, 5.74) is 16.5. The van der Waals surface area contributed by atoms with E-state index in [-0.39, 0.29) is 12.0 Å². The van der Waals surface area contributed by atoms with Gasteiger partial charge in [-0.1, -0.05) is 30.3 Å². The fraction of sp³-hybridized carbons (Fsp3) is 0.304. The van der Waals surface area contributed by atoms with Crippen LogP contribution in [-0.2, 0) is 12.8 Å². The van der Waals surface area contributed by atoms with Gasteiger partial charge in [-0.15, -0.1) is 0 Å². The van der Waals surface area contributed by atoms with Crippen LogP contribution >= 0.6 is 0 Å². The topological polar surface area (TPSA) is 107 Å². The molecule has 0 saturated heterocycles. The third-order valence-corrected chi connectivity index (χ3v) is 6.22. The molecule has 4 N–H and O–H groups in total. The van der Waals surface area contributed by atoms with Gasteiger partial charge in [0.2, 0.25) is 11.9 Å². The van der Waals surface area contributed by atoms with Gasteiger partial charge in [0.05, 0.1) is 11.4 Å². The highest BCUT2D eigenvalue weighted by atomic mass is 15.3. The molecule has 0 radical (unpaired) electrons. The fourth-order valence-electron chi connectivity index (χ4n) is 4.57. The lowest BCUT2D eigenvalue weighted by atomic mass is 9.82. The van der Waals surface area contributed by atoms with Crippen LogP contribution in [0.15, 0.2) is 36.5 Å². The summed E-state index contributed by atoms with van der Waals surface area (Å²) < 4.78 is 0. The molecule has 2 aromatic heterocycles. The zero-order valence-electron chi connectivity index (χ0n) is 17.3. The van der Waals surface area contributed by atoms with Crippen LogP contribution in [0.25, 0.3) is 21.8 Å². The minimum atomic E-state index is 0.0944. The molecule has 0 spiro atoms. The quantitative estimate of drug-likeness (QED) is 0.539. The molecule has 0 bridgehead atoms. The van der Waals surface area contributed by atoms with Crippen molar-refractivity contribution in [2.45, 2.75) is 38.6 Å². The molecule has 0 amide bonds. The molecular formula is C23H25N7. The first-order valence-electron chi connectivity index (χ1n) is 10.3. The van der Waals surface area contributed by atoms with E-state index in [1.165, 1.54) is 40.3 Å². The molecule has 7 heteroatoms. The van der Waals surface area contributed by atoms with Gasteiger partial charge in [-0.3, -0.25) is 0 Å². The average molecular weight is 400 g/mol. The van der Waals surface area contributed by atoms with E-state index in [1.807, 2.05) is 7.05 Å². The molecule has 2 heterocycles. The normalized spacial score (nSPS) is 14.6. The van der Waals surface area contributed by atoms with E-state index in [1.54, 1.807) is 6.20 Å². The molecule has 5 rings (SSSR count). The van der Waals surface area contributed by atoms with Crippen molar-refractivity contribution in [3.8, 4) is 0 Å². The van der Waals surface area contributed by atoms with Crippen molar-refractivity contribution >= 4 is 39.5 Å². The Labute approximate surface area is 175 Å². The summed E-state index contributed by atoms with van der Waals surface area (Å²) in [5, 5.41) is 3.20. The summed E-state index contributed by atoms with van der Waals surface area (Å²) >= 11 is 0. The van der Waals surface area contributed by atoms with E-state index < -0.39 is 0 Å². The van der Waals surface area contributed by atoms with Gasteiger partial charge in [0, 0.05) is 13.2 Å². The number of rotatable bonds is 3. The Morgan fingerprint density at radius 1 is 1.00 bits per heavy atom. The van der Waals surface area contributed by atoms with E-state index in [0.29, 0.717) is 22.8 Å². The predicted octanol–water partition coefficient (Wildman–Crippen LogP) is 3.81. The lowest BCUT2D eigenvalue weighted by molar-refractivity contribution is 0.656. The lowest BCUT2D eigenvalue weighted by Crippen LogP contribution is -2.26. The zero-order chi connectivity index (χ0) is 20.8. The van der Waals surface area contributed by atoms with Crippen LogP contribution < -0.4 is 16.4 Å². The maximum absolute atomic E-state index is 5.95. The number of nitrogen functional groups attached to an aromatic ring is 2. The van der Waals surface area contributed by atoms with Gasteiger partial charge in [0.15, 0.2) is 5.65 Å². The van der Waals surface area contributed by atoms with Crippen molar-refractivity contribution in [2.75, 3.05) is 23.4 Å². The Balaban J connectivity index is 1.63. The van der Waals surface area contributed by atoms with E-state index in [0.717, 1.165) is 12.8 Å². The smallest absolute Gasteiger partial charge is 0.227 e. The number of benzene rings is 2. The third-order valence-electron chi connectivity index (χ3n) is 6.22. The van der Waals surface area contributed by atoms with Crippen LogP contribution in [0.2, 0.25) is 0 Å². The number of aryl methyl sites for hydroxylation is 1. The van der Waals surface area contributed by atoms with Crippen molar-refractivity contribution in [2.24, 2.45) is 0 Å². The zero-order valence-corrected chi connectivity index (χ0v) is 17.3. The van der Waals surface area contributed by atoms with Gasteiger partial charge in [-0.25, -0.2) is 4.98 Å². The Morgan fingerprint density at radius 3 is 2.67 bits per heavy atom. The summed E-state index contributed by atoms with van der Waals surface area (Å²) in [6, 6.07) is 11.1. The Bertz CT molecular complexity index is 1270. The largest absolute Gasteiger partial charge is 0.383 e. The third kappa shape index (κ3) is 2.98. The second-order valence-electron chi connectivity index (χ2n) is 8.02. The van der Waals surface area contributed by atoms with Crippen molar-refractivity contribution in [1.82, 2.24) is 19.9 Å². The van der Waals surface area contributed by atoms with E-state index >= 15 is 0 Å². The monoisotopic (exact) mass is 399 g/mol. The molecular weight excluding hydrogens is 374 g/mol. The van der Waals surface area contributed by atoms with Crippen LogP contribution in [-0.4, -0.2) is 27.0 Å². The molecule has 2 aromatic carbocycles. The molecule has 4 aromatic rings. The van der Waals surface area contributed by atoms with Gasteiger partial charge in [-0.05, 0) is 60.1 Å². The first kappa shape index (κ1) is 18.5. The van der Waals surface area contributed by atoms with Crippen LogP contribution in [0.1, 0.15) is 42.5 Å². The van der Waals surface area contributed by atoms with E-state index in [4.69, 9.17) is 11.5 Å². The van der Waals surface area contributed by atoms with Crippen molar-refractivity contribution < 1.29 is 0 Å². The molecule has 7 nitrogen and oxygen atoms in total. The number of aromatic nitrogens is 4. The van der Waals surface area contributed by atoms with Crippen molar-refractivity contribution in [1.29, 1.82) is 0 Å². The number of nitrogens with two attached hydrogens (primary N) is 2. The Hall–Kier alpha value is -3.48. The minimum Gasteiger partial charge on any atom is -0.383 e. The molecule has 1 unspecified atom stereocenters. The first-order valence-corrected chi connectivity index (χ1v) is 10.3. The van der Waals surface area contributed by atoms with Gasteiger partial charge < -0.3 is 16.4 Å². The summed E-state index contributed by atoms with van der Waals surface area (Å²) in [5.74, 6) is 0.997. The maximum atomic E-state index is 5.95. The Morgan fingerprint density at radius 2 is 1.80 bits per heavy atom.